The molecule has 0 saturated heterocycles. The van der Waals surface area contributed by atoms with Crippen LogP contribution >= 0.6 is 0 Å². The van der Waals surface area contributed by atoms with E-state index >= 15 is 0 Å². The van der Waals surface area contributed by atoms with Gasteiger partial charge in [0.25, 0.3) is 0 Å². The summed E-state index contributed by atoms with van der Waals surface area (Å²) in [6.45, 7) is 5.40. The lowest BCUT2D eigenvalue weighted by atomic mass is 10.1. The van der Waals surface area contributed by atoms with Gasteiger partial charge in [-0.1, -0.05) is 128 Å². The number of amides is 1. The fourth-order valence-electron chi connectivity index (χ4n) is 4.03. The molecule has 0 aliphatic heterocycles. The fourth-order valence-corrected chi connectivity index (χ4v) is 4.03. The average Bonchev–Trinajstić information content (AvgIpc) is 2.80. The van der Waals surface area contributed by atoms with E-state index in [1.807, 2.05) is 0 Å². The lowest BCUT2D eigenvalue weighted by Gasteiger charge is -2.06. The molecule has 0 unspecified atom stereocenters. The van der Waals surface area contributed by atoms with Gasteiger partial charge in [0.15, 0.2) is 0 Å². The van der Waals surface area contributed by atoms with Crippen LogP contribution in [0.1, 0.15) is 155 Å². The van der Waals surface area contributed by atoms with Gasteiger partial charge in [0.05, 0.1) is 0 Å². The van der Waals surface area contributed by atoms with Crippen molar-refractivity contribution < 1.29 is 4.79 Å². The van der Waals surface area contributed by atoms with Crippen LogP contribution in [0, 0.1) is 0 Å². The third-order valence-corrected chi connectivity index (χ3v) is 6.21. The molecule has 2 heteroatoms. The number of allylic oxidation sites excluding steroid dienone is 4. The minimum atomic E-state index is 0.256. The molecule has 0 spiro atoms. The Bertz CT molecular complexity index is 427. The Morgan fingerprint density at radius 3 is 1.56 bits per heavy atom. The van der Waals surface area contributed by atoms with Crippen LogP contribution in [0.2, 0.25) is 0 Å². The number of hydrogen-bond acceptors (Lipinski definition) is 1. The van der Waals surface area contributed by atoms with Crippen LogP contribution in [0.15, 0.2) is 24.3 Å². The Hall–Kier alpha value is -1.05. The zero-order chi connectivity index (χ0) is 23.4. The fraction of sp³-hybridized carbons (Fsp3) is 0.833. The van der Waals surface area contributed by atoms with Crippen molar-refractivity contribution in [1.29, 1.82) is 0 Å². The van der Waals surface area contributed by atoms with E-state index in [1.165, 1.54) is 116 Å². The summed E-state index contributed by atoms with van der Waals surface area (Å²) in [6.07, 6.45) is 37.0. The standard InChI is InChI=1S/C30H57NO/c1-3-5-7-9-11-13-15-16-17-18-19-20-22-24-26-28-30(32)31-29-27-25-23-21-14-12-10-8-6-4-2/h11,13,16-17H,3-10,12,14-15,18-29H2,1-2H3,(H,31,32). The summed E-state index contributed by atoms with van der Waals surface area (Å²) < 4.78 is 0. The van der Waals surface area contributed by atoms with Crippen molar-refractivity contribution >= 4 is 5.91 Å². The smallest absolute Gasteiger partial charge is 0.219 e. The molecule has 0 rings (SSSR count). The molecule has 1 N–H and O–H groups in total. The first-order valence-corrected chi connectivity index (χ1v) is 14.4. The van der Waals surface area contributed by atoms with Crippen LogP contribution in [0.3, 0.4) is 0 Å². The third-order valence-electron chi connectivity index (χ3n) is 6.21. The van der Waals surface area contributed by atoms with Gasteiger partial charge in [-0.25, -0.2) is 0 Å². The number of nitrogens with one attached hydrogen (secondary N) is 1. The largest absolute Gasteiger partial charge is 0.356 e. The molecule has 32 heavy (non-hydrogen) atoms. The van der Waals surface area contributed by atoms with Crippen molar-refractivity contribution in [3.8, 4) is 0 Å². The summed E-state index contributed by atoms with van der Waals surface area (Å²) in [7, 11) is 0. The molecule has 0 heterocycles. The Morgan fingerprint density at radius 1 is 0.531 bits per heavy atom. The zero-order valence-electron chi connectivity index (χ0n) is 22.0. The lowest BCUT2D eigenvalue weighted by Crippen LogP contribution is -2.23. The Balaban J connectivity index is 3.24. The second-order valence-electron chi connectivity index (χ2n) is 9.51. The summed E-state index contributed by atoms with van der Waals surface area (Å²) in [5, 5.41) is 3.10. The Kier molecular flexibility index (Phi) is 27.1. The molecule has 0 aromatic carbocycles. The van der Waals surface area contributed by atoms with Gasteiger partial charge in [0, 0.05) is 13.0 Å². The Labute approximate surface area is 202 Å². The van der Waals surface area contributed by atoms with Crippen LogP contribution in [0.5, 0.6) is 0 Å². The molecule has 0 atom stereocenters. The van der Waals surface area contributed by atoms with Crippen molar-refractivity contribution in [1.82, 2.24) is 5.32 Å². The number of rotatable bonds is 25. The van der Waals surface area contributed by atoms with E-state index in [4.69, 9.17) is 0 Å². The van der Waals surface area contributed by atoms with Gasteiger partial charge < -0.3 is 5.32 Å². The Morgan fingerprint density at radius 2 is 0.969 bits per heavy atom. The number of unbranched alkanes of at least 4 members (excludes halogenated alkanes) is 17. The third kappa shape index (κ3) is 27.0. The van der Waals surface area contributed by atoms with Gasteiger partial charge in [0.2, 0.25) is 5.91 Å². The molecular formula is C30H57NO. The van der Waals surface area contributed by atoms with Crippen LogP contribution in [-0.4, -0.2) is 12.5 Å². The summed E-state index contributed by atoms with van der Waals surface area (Å²) >= 11 is 0. The maximum atomic E-state index is 11.9. The van der Waals surface area contributed by atoms with Crippen molar-refractivity contribution in [3.05, 3.63) is 24.3 Å². The lowest BCUT2D eigenvalue weighted by molar-refractivity contribution is -0.121. The summed E-state index contributed by atoms with van der Waals surface area (Å²) in [5.74, 6) is 0.256. The van der Waals surface area contributed by atoms with Gasteiger partial charge >= 0.3 is 0 Å². The van der Waals surface area contributed by atoms with Gasteiger partial charge in [-0.05, 0) is 44.9 Å². The minimum absolute atomic E-state index is 0.256. The van der Waals surface area contributed by atoms with Crippen molar-refractivity contribution in [2.75, 3.05) is 6.54 Å². The molecule has 188 valence electrons. The first kappa shape index (κ1) is 30.9. The highest BCUT2D eigenvalue weighted by atomic mass is 16.1. The van der Waals surface area contributed by atoms with Crippen LogP contribution in [-0.2, 0) is 4.79 Å². The number of carbonyl (C=O) groups is 1. The summed E-state index contributed by atoms with van der Waals surface area (Å²) in [4.78, 5) is 11.9. The molecule has 2 nitrogen and oxygen atoms in total. The van der Waals surface area contributed by atoms with E-state index in [1.54, 1.807) is 0 Å². The van der Waals surface area contributed by atoms with Crippen LogP contribution in [0.4, 0.5) is 0 Å². The van der Waals surface area contributed by atoms with Crippen LogP contribution in [0.25, 0.3) is 0 Å². The van der Waals surface area contributed by atoms with E-state index in [2.05, 4.69) is 43.5 Å². The molecule has 0 aliphatic carbocycles. The molecular weight excluding hydrogens is 390 g/mol. The summed E-state index contributed by atoms with van der Waals surface area (Å²) in [6, 6.07) is 0. The first-order valence-electron chi connectivity index (χ1n) is 14.4. The molecule has 0 fully saturated rings. The quantitative estimate of drug-likeness (QED) is 0.109. The normalized spacial score (nSPS) is 11.7. The molecule has 0 aromatic rings. The highest BCUT2D eigenvalue weighted by Gasteiger charge is 2.00. The highest BCUT2D eigenvalue weighted by Crippen LogP contribution is 2.11. The maximum Gasteiger partial charge on any atom is 0.219 e. The molecule has 1 amide bonds. The van der Waals surface area contributed by atoms with Crippen molar-refractivity contribution in [2.45, 2.75) is 155 Å². The van der Waals surface area contributed by atoms with Crippen LogP contribution < -0.4 is 5.32 Å². The van der Waals surface area contributed by atoms with Gasteiger partial charge in [-0.2, -0.15) is 0 Å². The van der Waals surface area contributed by atoms with E-state index in [-0.39, 0.29) is 5.91 Å². The summed E-state index contributed by atoms with van der Waals surface area (Å²) in [5.41, 5.74) is 0. The predicted octanol–water partition coefficient (Wildman–Crippen LogP) is 9.84. The van der Waals surface area contributed by atoms with Gasteiger partial charge in [-0.15, -0.1) is 0 Å². The van der Waals surface area contributed by atoms with Crippen molar-refractivity contribution in [3.63, 3.8) is 0 Å². The zero-order valence-corrected chi connectivity index (χ0v) is 22.0. The molecule has 0 saturated carbocycles. The second kappa shape index (κ2) is 28.0. The van der Waals surface area contributed by atoms with Gasteiger partial charge in [-0.3, -0.25) is 4.79 Å². The number of carbonyl (C=O) groups excluding carboxylic acids is 1. The highest BCUT2D eigenvalue weighted by molar-refractivity contribution is 5.75. The van der Waals surface area contributed by atoms with E-state index in [0.29, 0.717) is 6.42 Å². The van der Waals surface area contributed by atoms with Crippen molar-refractivity contribution in [2.24, 2.45) is 0 Å². The van der Waals surface area contributed by atoms with Gasteiger partial charge in [0.1, 0.15) is 0 Å². The molecule has 0 aromatic heterocycles. The maximum absolute atomic E-state index is 11.9. The number of hydrogen-bond donors (Lipinski definition) is 1. The molecule has 0 bridgehead atoms. The van der Waals surface area contributed by atoms with E-state index in [0.717, 1.165) is 25.8 Å². The molecule has 0 radical (unpaired) electrons. The predicted molar refractivity (Wildman–Crippen MR) is 144 cm³/mol. The second-order valence-corrected chi connectivity index (χ2v) is 9.51. The van der Waals surface area contributed by atoms with E-state index < -0.39 is 0 Å². The SMILES string of the molecule is CCCCCC=CCC=CCCCCCCCC(=O)NCCCCCCCCCCCC. The topological polar surface area (TPSA) is 29.1 Å². The first-order chi connectivity index (χ1) is 15.8. The minimum Gasteiger partial charge on any atom is -0.356 e. The monoisotopic (exact) mass is 447 g/mol. The molecule has 0 aliphatic rings. The van der Waals surface area contributed by atoms with E-state index in [9.17, 15) is 4.79 Å². The average molecular weight is 448 g/mol.